The number of nitrogens with two attached hydrogens (primary N) is 1. The maximum Gasteiger partial charge on any atom is 0.126 e. The first-order valence-electron chi connectivity index (χ1n) is 5.99. The van der Waals surface area contributed by atoms with Crippen LogP contribution in [0.15, 0.2) is 18.3 Å². The van der Waals surface area contributed by atoms with E-state index in [-0.39, 0.29) is 0 Å². The molecule has 16 heavy (non-hydrogen) atoms. The number of aromatic nitrogens is 1. The minimum absolute atomic E-state index is 0.657. The normalized spacial score (nSPS) is 21.2. The quantitative estimate of drug-likeness (QED) is 0.808. The molecular weight excluding hydrogens is 200 g/mol. The maximum absolute atomic E-state index is 5.59. The average Bonchev–Trinajstić information content (AvgIpc) is 2.76. The lowest BCUT2D eigenvalue weighted by molar-refractivity contribution is 0.277. The predicted molar refractivity (Wildman–Crippen MR) is 67.4 cm³/mol. The standard InChI is InChI=1S/C12H20N4/c1-2-16-7-3-4-11(16)9-15-12-6-5-10(13)8-14-12/h5-6,8,11H,2-4,7,9,13H2,1H3,(H,14,15). The Morgan fingerprint density at radius 1 is 1.56 bits per heavy atom. The molecule has 1 saturated heterocycles. The van der Waals surface area contributed by atoms with E-state index in [9.17, 15) is 0 Å². The van der Waals surface area contributed by atoms with Crippen molar-refractivity contribution in [2.75, 3.05) is 30.7 Å². The third kappa shape index (κ3) is 2.64. The highest BCUT2D eigenvalue weighted by Gasteiger charge is 2.22. The van der Waals surface area contributed by atoms with E-state index in [4.69, 9.17) is 5.73 Å². The minimum atomic E-state index is 0.657. The largest absolute Gasteiger partial charge is 0.397 e. The lowest BCUT2D eigenvalue weighted by Gasteiger charge is -2.23. The highest BCUT2D eigenvalue weighted by Crippen LogP contribution is 2.17. The number of hydrogen-bond donors (Lipinski definition) is 2. The molecule has 2 heterocycles. The van der Waals surface area contributed by atoms with Gasteiger partial charge in [-0.1, -0.05) is 6.92 Å². The second-order valence-corrected chi connectivity index (χ2v) is 4.28. The zero-order chi connectivity index (χ0) is 11.4. The molecule has 3 N–H and O–H groups in total. The third-order valence-electron chi connectivity index (χ3n) is 3.21. The van der Waals surface area contributed by atoms with E-state index in [0.29, 0.717) is 11.7 Å². The summed E-state index contributed by atoms with van der Waals surface area (Å²) in [4.78, 5) is 6.75. The second kappa shape index (κ2) is 5.16. The van der Waals surface area contributed by atoms with E-state index >= 15 is 0 Å². The van der Waals surface area contributed by atoms with Crippen LogP contribution >= 0.6 is 0 Å². The van der Waals surface area contributed by atoms with E-state index in [1.54, 1.807) is 6.20 Å². The number of nitrogens with zero attached hydrogens (tertiary/aromatic N) is 2. The molecular formula is C12H20N4. The van der Waals surface area contributed by atoms with Crippen molar-refractivity contribution in [3.8, 4) is 0 Å². The fourth-order valence-corrected chi connectivity index (χ4v) is 2.27. The molecule has 0 bridgehead atoms. The monoisotopic (exact) mass is 220 g/mol. The number of nitrogens with one attached hydrogen (secondary N) is 1. The molecule has 0 aromatic carbocycles. The van der Waals surface area contributed by atoms with Gasteiger partial charge in [-0.05, 0) is 38.1 Å². The summed E-state index contributed by atoms with van der Waals surface area (Å²) in [6.07, 6.45) is 4.29. The second-order valence-electron chi connectivity index (χ2n) is 4.28. The molecule has 4 nitrogen and oxygen atoms in total. The van der Waals surface area contributed by atoms with Crippen molar-refractivity contribution in [3.63, 3.8) is 0 Å². The van der Waals surface area contributed by atoms with Crippen molar-refractivity contribution in [3.05, 3.63) is 18.3 Å². The summed E-state index contributed by atoms with van der Waals surface area (Å²) in [5.41, 5.74) is 6.30. The minimum Gasteiger partial charge on any atom is -0.397 e. The Hall–Kier alpha value is -1.29. The number of likely N-dealkylation sites (N-methyl/N-ethyl adjacent to an activating group) is 1. The van der Waals surface area contributed by atoms with Gasteiger partial charge in [0.15, 0.2) is 0 Å². The molecule has 1 aliphatic heterocycles. The molecule has 1 aliphatic rings. The summed E-state index contributed by atoms with van der Waals surface area (Å²) in [7, 11) is 0. The highest BCUT2D eigenvalue weighted by atomic mass is 15.2. The van der Waals surface area contributed by atoms with Crippen LogP contribution in [-0.4, -0.2) is 35.6 Å². The summed E-state index contributed by atoms with van der Waals surface area (Å²) in [5.74, 6) is 0.914. The molecule has 1 fully saturated rings. The first-order valence-corrected chi connectivity index (χ1v) is 5.99. The Morgan fingerprint density at radius 3 is 3.12 bits per heavy atom. The van der Waals surface area contributed by atoms with Gasteiger partial charge in [-0.15, -0.1) is 0 Å². The van der Waals surface area contributed by atoms with Crippen LogP contribution in [0.1, 0.15) is 19.8 Å². The zero-order valence-electron chi connectivity index (χ0n) is 9.82. The molecule has 4 heteroatoms. The molecule has 88 valence electrons. The van der Waals surface area contributed by atoms with Gasteiger partial charge in [-0.2, -0.15) is 0 Å². The predicted octanol–water partition coefficient (Wildman–Crippen LogP) is 1.56. The van der Waals surface area contributed by atoms with Crippen LogP contribution in [0, 0.1) is 0 Å². The van der Waals surface area contributed by atoms with Gasteiger partial charge in [0.05, 0.1) is 11.9 Å². The SMILES string of the molecule is CCN1CCCC1CNc1ccc(N)cn1. The number of pyridine rings is 1. The van der Waals surface area contributed by atoms with E-state index in [1.165, 1.54) is 19.4 Å². The van der Waals surface area contributed by atoms with Crippen molar-refractivity contribution in [1.82, 2.24) is 9.88 Å². The van der Waals surface area contributed by atoms with Gasteiger partial charge in [-0.25, -0.2) is 4.98 Å². The van der Waals surface area contributed by atoms with Crippen molar-refractivity contribution in [2.45, 2.75) is 25.8 Å². The van der Waals surface area contributed by atoms with Gasteiger partial charge >= 0.3 is 0 Å². The summed E-state index contributed by atoms with van der Waals surface area (Å²) in [6.45, 7) is 5.57. The zero-order valence-corrected chi connectivity index (χ0v) is 9.82. The van der Waals surface area contributed by atoms with Crippen molar-refractivity contribution in [1.29, 1.82) is 0 Å². The molecule has 1 unspecified atom stereocenters. The molecule has 2 rings (SSSR count). The third-order valence-corrected chi connectivity index (χ3v) is 3.21. The topological polar surface area (TPSA) is 54.2 Å². The van der Waals surface area contributed by atoms with Gasteiger partial charge in [0.25, 0.3) is 0 Å². The molecule has 0 aliphatic carbocycles. The van der Waals surface area contributed by atoms with Crippen LogP contribution in [0.4, 0.5) is 11.5 Å². The van der Waals surface area contributed by atoms with Gasteiger partial charge in [0, 0.05) is 12.6 Å². The number of likely N-dealkylation sites (tertiary alicyclic amines) is 1. The highest BCUT2D eigenvalue weighted by molar-refractivity contribution is 5.43. The van der Waals surface area contributed by atoms with Gasteiger partial charge in [0.2, 0.25) is 0 Å². The first-order chi connectivity index (χ1) is 7.79. The van der Waals surface area contributed by atoms with Gasteiger partial charge < -0.3 is 11.1 Å². The van der Waals surface area contributed by atoms with Crippen molar-refractivity contribution < 1.29 is 0 Å². The van der Waals surface area contributed by atoms with Crippen LogP contribution in [0.5, 0.6) is 0 Å². The molecule has 0 amide bonds. The lowest BCUT2D eigenvalue weighted by Crippen LogP contribution is -2.34. The number of rotatable bonds is 4. The van der Waals surface area contributed by atoms with E-state index < -0.39 is 0 Å². The van der Waals surface area contributed by atoms with Crippen LogP contribution in [0.3, 0.4) is 0 Å². The Kier molecular flexibility index (Phi) is 3.62. The van der Waals surface area contributed by atoms with Crippen molar-refractivity contribution >= 4 is 11.5 Å². The number of nitrogen functional groups attached to an aromatic ring is 1. The Morgan fingerprint density at radius 2 is 2.44 bits per heavy atom. The molecule has 1 aromatic heterocycles. The fourth-order valence-electron chi connectivity index (χ4n) is 2.27. The van der Waals surface area contributed by atoms with Crippen LogP contribution in [0.2, 0.25) is 0 Å². The van der Waals surface area contributed by atoms with Crippen LogP contribution in [-0.2, 0) is 0 Å². The molecule has 1 atom stereocenters. The van der Waals surface area contributed by atoms with Gasteiger partial charge in [0.1, 0.15) is 5.82 Å². The average molecular weight is 220 g/mol. The summed E-state index contributed by atoms with van der Waals surface area (Å²) in [6, 6.07) is 4.46. The fraction of sp³-hybridized carbons (Fsp3) is 0.583. The van der Waals surface area contributed by atoms with E-state index in [2.05, 4.69) is 22.1 Å². The summed E-state index contributed by atoms with van der Waals surface area (Å²) >= 11 is 0. The maximum atomic E-state index is 5.59. The molecule has 0 radical (unpaired) electrons. The van der Waals surface area contributed by atoms with Crippen LogP contribution < -0.4 is 11.1 Å². The molecule has 0 spiro atoms. The molecule has 0 saturated carbocycles. The number of anilines is 2. The Labute approximate surface area is 96.8 Å². The first kappa shape index (κ1) is 11.2. The lowest BCUT2D eigenvalue weighted by atomic mass is 10.2. The Bertz CT molecular complexity index is 322. The number of hydrogen-bond acceptors (Lipinski definition) is 4. The Balaban J connectivity index is 1.85. The summed E-state index contributed by atoms with van der Waals surface area (Å²) in [5, 5.41) is 3.37. The van der Waals surface area contributed by atoms with Crippen LogP contribution in [0.25, 0.3) is 0 Å². The van der Waals surface area contributed by atoms with Gasteiger partial charge in [-0.3, -0.25) is 4.90 Å². The van der Waals surface area contributed by atoms with Crippen molar-refractivity contribution in [2.24, 2.45) is 0 Å². The van der Waals surface area contributed by atoms with E-state index in [1.807, 2.05) is 12.1 Å². The van der Waals surface area contributed by atoms with E-state index in [0.717, 1.165) is 18.9 Å². The smallest absolute Gasteiger partial charge is 0.126 e. The summed E-state index contributed by atoms with van der Waals surface area (Å²) < 4.78 is 0. The molecule has 1 aromatic rings.